The molecule has 0 aromatic carbocycles. The van der Waals surface area contributed by atoms with Crippen LogP contribution in [0.5, 0.6) is 0 Å². The first-order valence-corrected chi connectivity index (χ1v) is 38.2. The minimum atomic E-state index is -1.04. The molecule has 0 aromatic heterocycles. The van der Waals surface area contributed by atoms with Gasteiger partial charge in [-0.25, -0.2) is 28.8 Å². The van der Waals surface area contributed by atoms with Crippen molar-refractivity contribution in [3.63, 3.8) is 0 Å². The van der Waals surface area contributed by atoms with Crippen molar-refractivity contribution < 1.29 is 95.9 Å². The Bertz CT molecular complexity index is 3140. The first kappa shape index (κ1) is 127. The van der Waals surface area contributed by atoms with Gasteiger partial charge in [0.2, 0.25) is 51.0 Å². The fraction of sp³-hybridized carbons (Fsp3) is 0.725. The van der Waals surface area contributed by atoms with Crippen molar-refractivity contribution in [1.29, 1.82) is 0 Å². The Morgan fingerprint density at radius 1 is 0.414 bits per heavy atom. The van der Waals surface area contributed by atoms with Gasteiger partial charge in [0.05, 0.1) is 63.7 Å². The van der Waals surface area contributed by atoms with Crippen molar-refractivity contribution in [2.45, 2.75) is 248 Å². The molecule has 0 saturated carbocycles. The number of carbonyl (C=O) groups excluding carboxylic acids is 13. The molecule has 0 unspecified atom stereocenters. The molecule has 0 bridgehead atoms. The molecule has 0 aliphatic carbocycles. The minimum absolute atomic E-state index is 0. The van der Waals surface area contributed by atoms with E-state index in [4.69, 9.17) is 69.0 Å². The molecule has 658 valence electrons. The van der Waals surface area contributed by atoms with Crippen LogP contribution >= 0.6 is 24.8 Å². The molecular formula is C80H144B5Cl2N9O20. The lowest BCUT2D eigenvalue weighted by Crippen LogP contribution is -2.56. The highest BCUT2D eigenvalue weighted by molar-refractivity contribution is 6.58. The van der Waals surface area contributed by atoms with Gasteiger partial charge in [0.1, 0.15) is 24.4 Å². The number of rotatable bonds is 32. The number of likely N-dealkylation sites (N-methyl/N-ethyl adjacent to an activating group) is 7. The summed E-state index contributed by atoms with van der Waals surface area (Å²) in [6, 6.07) is -3.74. The number of aldehydes is 1. The Morgan fingerprint density at radius 3 is 0.871 bits per heavy atom. The number of halogens is 2. The van der Waals surface area contributed by atoms with Gasteiger partial charge in [0.15, 0.2) is 29.0 Å². The number of nitrogens with zero attached hydrogens (tertiary/aromatic N) is 6. The average molecular weight is 1680 g/mol. The minimum Gasteiger partial charge on any atom is -0.480 e. The number of amides is 7. The highest BCUT2D eigenvalue weighted by Crippen LogP contribution is 2.26. The number of ether oxygens (including phenoxy) is 5. The van der Waals surface area contributed by atoms with Gasteiger partial charge in [0, 0.05) is 70.6 Å². The molecule has 36 heteroatoms. The Morgan fingerprint density at radius 2 is 0.681 bits per heavy atom. The SMILES string of the molecule is CCOC(=O)/C(C)=C/[C@@H](NC)C(C)C.CCOC(=O)/C(C)=C/[C@H](C(C)C)N(C)C(=O)[C@@H](N)C(C)(C)C.Cl.Cl.[B]C(=O)N(C)[C@H](/C=C(\C)C(=O)OCC)C(C)C.[B]C(=O)N(C)[C@H](C(=O)O)C(C)C.[B]C(=O)N(C)[C@H](C(=O)OC)C(C)C.[B]C(=O)N(C)[C@H](C=O)C(C)C.[B]C(=O)N[C@H](C(=O)N(C)[C@H](/C=C(\C)C(=O)OCC)C(C)C)C(C)(C)C. The van der Waals surface area contributed by atoms with Gasteiger partial charge in [-0.1, -0.05) is 163 Å². The molecular weight excluding hydrogens is 1530 g/mol. The summed E-state index contributed by atoms with van der Waals surface area (Å²) in [6.45, 7) is 53.5. The van der Waals surface area contributed by atoms with Crippen LogP contribution < -0.4 is 16.4 Å². The van der Waals surface area contributed by atoms with E-state index in [2.05, 4.69) is 29.2 Å². The van der Waals surface area contributed by atoms with Crippen LogP contribution in [0, 0.1) is 52.3 Å². The fourth-order valence-electron chi connectivity index (χ4n) is 10.2. The zero-order valence-corrected chi connectivity index (χ0v) is 78.3. The lowest BCUT2D eigenvalue weighted by Gasteiger charge is -2.37. The topological polar surface area (TPSA) is 375 Å². The predicted molar refractivity (Wildman–Crippen MR) is 467 cm³/mol. The molecule has 0 aromatic rings. The first-order chi connectivity index (χ1) is 51.9. The van der Waals surface area contributed by atoms with Crippen LogP contribution in [0.2, 0.25) is 0 Å². The van der Waals surface area contributed by atoms with Crippen molar-refractivity contribution in [3.8, 4) is 0 Å². The van der Waals surface area contributed by atoms with E-state index in [9.17, 15) is 67.1 Å². The number of carbonyl (C=O) groups is 14. The van der Waals surface area contributed by atoms with Crippen molar-refractivity contribution >= 4 is 147 Å². The second-order valence-corrected chi connectivity index (χ2v) is 31.5. The maximum atomic E-state index is 13.0. The molecule has 29 nitrogen and oxygen atoms in total. The van der Waals surface area contributed by atoms with E-state index in [0.717, 1.165) is 11.2 Å². The molecule has 7 amide bonds. The van der Waals surface area contributed by atoms with Gasteiger partial charge in [-0.2, -0.15) is 0 Å². The Kier molecular flexibility index (Phi) is 70.5. The van der Waals surface area contributed by atoms with E-state index in [1.807, 2.05) is 131 Å². The molecule has 0 aliphatic heterocycles. The van der Waals surface area contributed by atoms with Crippen LogP contribution in [-0.2, 0) is 66.8 Å². The van der Waals surface area contributed by atoms with Gasteiger partial charge >= 0.3 is 35.8 Å². The number of esters is 5. The normalized spacial score (nSPS) is 13.7. The molecule has 9 atom stereocenters. The maximum absolute atomic E-state index is 13.0. The van der Waals surface area contributed by atoms with E-state index >= 15 is 0 Å². The molecule has 0 aliphatic rings. The number of hydrogen-bond acceptors (Lipinski definition) is 21. The average Bonchev–Trinajstić information content (AvgIpc) is 0.834. The van der Waals surface area contributed by atoms with Gasteiger partial charge in [0.25, 0.3) is 0 Å². The van der Waals surface area contributed by atoms with Crippen LogP contribution in [0.4, 0.5) is 24.0 Å². The van der Waals surface area contributed by atoms with E-state index < -0.39 is 82.6 Å². The van der Waals surface area contributed by atoms with Gasteiger partial charge in [-0.05, 0) is 115 Å². The van der Waals surface area contributed by atoms with Crippen LogP contribution in [-0.4, -0.2) is 294 Å². The Hall–Kier alpha value is -7.44. The molecule has 0 rings (SSSR count). The number of nitrogens with one attached hydrogen (secondary N) is 2. The van der Waals surface area contributed by atoms with E-state index in [1.54, 1.807) is 111 Å². The zero-order chi connectivity index (χ0) is 91.8. The lowest BCUT2D eigenvalue weighted by molar-refractivity contribution is -0.147. The summed E-state index contributed by atoms with van der Waals surface area (Å²) in [6.07, 6.45) is 7.88. The van der Waals surface area contributed by atoms with Crippen molar-refractivity contribution in [2.75, 3.05) is 82.9 Å². The summed E-state index contributed by atoms with van der Waals surface area (Å²) >= 11 is 0. The summed E-state index contributed by atoms with van der Waals surface area (Å²) < 4.78 is 24.3. The second-order valence-electron chi connectivity index (χ2n) is 31.5. The van der Waals surface area contributed by atoms with Crippen LogP contribution in [0.3, 0.4) is 0 Å². The van der Waals surface area contributed by atoms with Gasteiger partial charge < -0.3 is 79.4 Å². The van der Waals surface area contributed by atoms with Crippen molar-refractivity contribution in [3.05, 3.63) is 46.6 Å². The molecule has 10 radical (unpaired) electrons. The van der Waals surface area contributed by atoms with Crippen molar-refractivity contribution in [1.82, 2.24) is 40.0 Å². The third-order valence-corrected chi connectivity index (χ3v) is 17.3. The summed E-state index contributed by atoms with van der Waals surface area (Å²) in [5.74, 6) is -5.65. The Balaban J connectivity index is -0.000000167. The number of methoxy groups -OCH3 is 1. The number of carboxylic acid groups (broad SMARTS) is 1. The van der Waals surface area contributed by atoms with Crippen LogP contribution in [0.1, 0.15) is 194 Å². The highest BCUT2D eigenvalue weighted by atomic mass is 35.5. The molecule has 5 N–H and O–H groups in total. The highest BCUT2D eigenvalue weighted by Gasteiger charge is 2.38. The number of hydrogen-bond donors (Lipinski definition) is 4. The van der Waals surface area contributed by atoms with Crippen LogP contribution in [0.15, 0.2) is 46.6 Å². The summed E-state index contributed by atoms with van der Waals surface area (Å²) in [5, 5.41) is 14.4. The summed E-state index contributed by atoms with van der Waals surface area (Å²) in [5.41, 5.74) is 7.34. The zero-order valence-electron chi connectivity index (χ0n) is 76.6. The summed E-state index contributed by atoms with van der Waals surface area (Å²) in [7, 11) is 38.0. The second kappa shape index (κ2) is 64.5. The van der Waals surface area contributed by atoms with Crippen LogP contribution in [0.25, 0.3) is 0 Å². The fourth-order valence-corrected chi connectivity index (χ4v) is 10.2. The third kappa shape index (κ3) is 52.4. The third-order valence-electron chi connectivity index (χ3n) is 17.3. The molecule has 0 fully saturated rings. The largest absolute Gasteiger partial charge is 0.480 e. The predicted octanol–water partition coefficient (Wildman–Crippen LogP) is 10.1. The monoisotopic (exact) mass is 1680 g/mol. The Labute approximate surface area is 715 Å². The molecule has 0 spiro atoms. The smallest absolute Gasteiger partial charge is 0.333 e. The van der Waals surface area contributed by atoms with E-state index in [0.29, 0.717) is 54.6 Å². The first-order valence-electron chi connectivity index (χ1n) is 38.2. The van der Waals surface area contributed by atoms with E-state index in [1.165, 1.54) is 43.0 Å². The summed E-state index contributed by atoms with van der Waals surface area (Å²) in [4.78, 5) is 167. The molecule has 116 heavy (non-hydrogen) atoms. The lowest BCUT2D eigenvalue weighted by atomic mass is 9.84. The van der Waals surface area contributed by atoms with Gasteiger partial charge in [-0.3, -0.25) is 33.6 Å². The van der Waals surface area contributed by atoms with E-state index in [-0.39, 0.29) is 120 Å². The number of aliphatic carboxylic acids is 1. The molecule has 0 saturated heterocycles. The van der Waals surface area contributed by atoms with Gasteiger partial charge in [-0.15, -0.1) is 24.8 Å². The quantitative estimate of drug-likeness (QED) is 0.0160. The standard InChI is InChI=1S/C18H31BN2O4.C17H32N2O3.C12H20BNO3.C11H21NO2.C8H14BNO3.C7H12BNO3.C7H12BNO2.2ClH/c1-9-25-16(23)12(4)10-13(11(2)3)21(8)15(22)14(18(5,6)7)20-17(19)24;1-9-22-16(21)12(4)10-13(11(2)3)19(8)15(20)14(18)17(5,6)7;1-6-17-11(15)9(4)7-10(8(2)3)14(5)12(13)16;1-6-14-11(13)9(4)7-10(12-5)8(2)3;1-5(2)6(7(11)13-4)10(3)8(9)12;1-4(2)5(6(10)11)9(3)7(8)12;1-5(2)6(4-10)9(3)7(8)11;;/h10-11,13-14H,9H2,1-8H3,(H,20,24);10-11,13-14H,9,18H2,1-8H3;7-8,10H,6H2,1-5H3;7-8,10,12H,6H2,1-5H3;5-6H,1-4H3;4-5H,1-3H3,(H,10,11);4-6H,1-3H3;2*1H/b2*12-10+;2*9-7+;;;;;/t2*13-,14-;2*10-;6-;5-;6-;;/m1111001../s1. The number of carboxylic acids is 1. The van der Waals surface area contributed by atoms with Crippen molar-refractivity contribution in [2.24, 2.45) is 58.0 Å². The maximum Gasteiger partial charge on any atom is 0.333 e. The molecule has 0 heterocycles. The number of nitrogens with two attached hydrogens (primary N) is 1.